The van der Waals surface area contributed by atoms with E-state index in [0.29, 0.717) is 11.3 Å². The van der Waals surface area contributed by atoms with Crippen molar-refractivity contribution in [3.8, 4) is 5.75 Å². The van der Waals surface area contributed by atoms with E-state index in [1.165, 1.54) is 6.07 Å². The van der Waals surface area contributed by atoms with Crippen LogP contribution in [0.5, 0.6) is 5.75 Å². The molecule has 0 radical (unpaired) electrons. The van der Waals surface area contributed by atoms with Crippen molar-refractivity contribution in [2.45, 2.75) is 0 Å². The SMILES string of the molecule is O=C(COc1ccc2oc(=O)ccc2c1)Nc1ccc2ccccc2c1. The molecule has 1 aromatic heterocycles. The Labute approximate surface area is 148 Å². The number of ether oxygens (including phenoxy) is 1. The summed E-state index contributed by atoms with van der Waals surface area (Å²) in [6.45, 7) is -0.116. The van der Waals surface area contributed by atoms with E-state index in [2.05, 4.69) is 5.32 Å². The van der Waals surface area contributed by atoms with Gasteiger partial charge in [-0.05, 0) is 47.2 Å². The molecule has 1 N–H and O–H groups in total. The summed E-state index contributed by atoms with van der Waals surface area (Å²) in [4.78, 5) is 23.3. The van der Waals surface area contributed by atoms with Gasteiger partial charge in [0.1, 0.15) is 11.3 Å². The molecule has 4 rings (SSSR count). The highest BCUT2D eigenvalue weighted by molar-refractivity contribution is 5.95. The lowest BCUT2D eigenvalue weighted by Gasteiger charge is -2.09. The molecular weight excluding hydrogens is 330 g/mol. The Morgan fingerprint density at radius 3 is 2.58 bits per heavy atom. The summed E-state index contributed by atoms with van der Waals surface area (Å²) in [6.07, 6.45) is 0. The van der Waals surface area contributed by atoms with Crippen molar-refractivity contribution >= 4 is 33.3 Å². The lowest BCUT2D eigenvalue weighted by atomic mass is 10.1. The Morgan fingerprint density at radius 2 is 1.69 bits per heavy atom. The molecular formula is C21H15NO4. The third-order valence-corrected chi connectivity index (χ3v) is 3.99. The molecule has 0 atom stereocenters. The summed E-state index contributed by atoms with van der Waals surface area (Å²) >= 11 is 0. The number of rotatable bonds is 4. The molecule has 0 unspecified atom stereocenters. The Bertz CT molecular complexity index is 1160. The van der Waals surface area contributed by atoms with Gasteiger partial charge in [-0.2, -0.15) is 0 Å². The van der Waals surface area contributed by atoms with Crippen LogP contribution in [0.25, 0.3) is 21.7 Å². The molecule has 5 heteroatoms. The molecule has 4 aromatic rings. The summed E-state index contributed by atoms with van der Waals surface area (Å²) in [5, 5.41) is 5.73. The number of nitrogens with one attached hydrogen (secondary N) is 1. The fourth-order valence-corrected chi connectivity index (χ4v) is 2.75. The highest BCUT2D eigenvalue weighted by Crippen LogP contribution is 2.20. The minimum atomic E-state index is -0.402. The minimum Gasteiger partial charge on any atom is -0.484 e. The molecule has 1 heterocycles. The van der Waals surface area contributed by atoms with Crippen LogP contribution in [0.2, 0.25) is 0 Å². The quantitative estimate of drug-likeness (QED) is 0.568. The first-order valence-corrected chi connectivity index (χ1v) is 8.13. The monoisotopic (exact) mass is 345 g/mol. The Kier molecular flexibility index (Phi) is 4.11. The third kappa shape index (κ3) is 3.42. The summed E-state index contributed by atoms with van der Waals surface area (Å²) < 4.78 is 10.6. The zero-order chi connectivity index (χ0) is 17.9. The maximum atomic E-state index is 12.1. The maximum Gasteiger partial charge on any atom is 0.336 e. The largest absolute Gasteiger partial charge is 0.484 e. The number of carbonyl (C=O) groups is 1. The van der Waals surface area contributed by atoms with E-state index in [1.54, 1.807) is 24.3 Å². The highest BCUT2D eigenvalue weighted by Gasteiger charge is 2.06. The van der Waals surface area contributed by atoms with Gasteiger partial charge in [-0.1, -0.05) is 30.3 Å². The van der Waals surface area contributed by atoms with Crippen molar-refractivity contribution in [3.05, 3.63) is 83.2 Å². The van der Waals surface area contributed by atoms with Gasteiger partial charge < -0.3 is 14.5 Å². The van der Waals surface area contributed by atoms with E-state index >= 15 is 0 Å². The minimum absolute atomic E-state index is 0.116. The molecule has 0 spiro atoms. The molecule has 0 aliphatic carbocycles. The van der Waals surface area contributed by atoms with Crippen molar-refractivity contribution in [2.75, 3.05) is 11.9 Å². The molecule has 0 fully saturated rings. The summed E-state index contributed by atoms with van der Waals surface area (Å²) in [5.74, 6) is 0.278. The van der Waals surface area contributed by atoms with Crippen molar-refractivity contribution in [1.82, 2.24) is 0 Å². The van der Waals surface area contributed by atoms with Gasteiger partial charge in [-0.3, -0.25) is 4.79 Å². The number of hydrogen-bond donors (Lipinski definition) is 1. The predicted octanol–water partition coefficient (Wildman–Crippen LogP) is 3.96. The second-order valence-corrected chi connectivity index (χ2v) is 5.85. The predicted molar refractivity (Wildman–Crippen MR) is 101 cm³/mol. The summed E-state index contributed by atoms with van der Waals surface area (Å²) in [5.41, 5.74) is 0.795. The fraction of sp³-hybridized carbons (Fsp3) is 0.0476. The topological polar surface area (TPSA) is 68.5 Å². The van der Waals surface area contributed by atoms with Gasteiger partial charge in [0.05, 0.1) is 0 Å². The molecule has 5 nitrogen and oxygen atoms in total. The smallest absolute Gasteiger partial charge is 0.336 e. The number of benzene rings is 3. The first-order valence-electron chi connectivity index (χ1n) is 8.13. The molecule has 26 heavy (non-hydrogen) atoms. The average Bonchev–Trinajstić information content (AvgIpc) is 2.66. The molecule has 128 valence electrons. The Morgan fingerprint density at radius 1 is 0.885 bits per heavy atom. The van der Waals surface area contributed by atoms with Crippen molar-refractivity contribution in [2.24, 2.45) is 0 Å². The van der Waals surface area contributed by atoms with Crippen LogP contribution in [0.1, 0.15) is 0 Å². The Balaban J connectivity index is 1.43. The van der Waals surface area contributed by atoms with Gasteiger partial charge in [0.15, 0.2) is 6.61 Å². The van der Waals surface area contributed by atoms with Gasteiger partial charge in [-0.25, -0.2) is 4.79 Å². The zero-order valence-corrected chi connectivity index (χ0v) is 13.8. The van der Waals surface area contributed by atoms with Gasteiger partial charge >= 0.3 is 5.63 Å². The second-order valence-electron chi connectivity index (χ2n) is 5.85. The zero-order valence-electron chi connectivity index (χ0n) is 13.8. The van der Waals surface area contributed by atoms with E-state index in [9.17, 15) is 9.59 Å². The Hall–Kier alpha value is -3.60. The van der Waals surface area contributed by atoms with E-state index in [0.717, 1.165) is 21.8 Å². The number of fused-ring (bicyclic) bond motifs is 2. The molecule has 0 saturated carbocycles. The van der Waals surface area contributed by atoms with Gasteiger partial charge in [0.2, 0.25) is 0 Å². The van der Waals surface area contributed by atoms with Gasteiger partial charge in [0.25, 0.3) is 5.91 Å². The third-order valence-electron chi connectivity index (χ3n) is 3.99. The van der Waals surface area contributed by atoms with Crippen LogP contribution < -0.4 is 15.7 Å². The maximum absolute atomic E-state index is 12.1. The van der Waals surface area contributed by atoms with Crippen LogP contribution in [0, 0.1) is 0 Å². The van der Waals surface area contributed by atoms with Crippen LogP contribution in [0.15, 0.2) is 82.0 Å². The van der Waals surface area contributed by atoms with Crippen LogP contribution in [-0.2, 0) is 4.79 Å². The van der Waals surface area contributed by atoms with Crippen LogP contribution in [0.4, 0.5) is 5.69 Å². The fourth-order valence-electron chi connectivity index (χ4n) is 2.75. The average molecular weight is 345 g/mol. The first kappa shape index (κ1) is 15.9. The molecule has 3 aromatic carbocycles. The van der Waals surface area contributed by atoms with E-state index in [-0.39, 0.29) is 12.5 Å². The molecule has 0 bridgehead atoms. The number of hydrogen-bond acceptors (Lipinski definition) is 4. The van der Waals surface area contributed by atoms with E-state index in [1.807, 2.05) is 42.5 Å². The number of amides is 1. The summed E-state index contributed by atoms with van der Waals surface area (Å²) in [7, 11) is 0. The van der Waals surface area contributed by atoms with Gasteiger partial charge in [-0.15, -0.1) is 0 Å². The summed E-state index contributed by atoms with van der Waals surface area (Å²) in [6, 6.07) is 21.7. The lowest BCUT2D eigenvalue weighted by Crippen LogP contribution is -2.20. The normalized spacial score (nSPS) is 10.8. The van der Waals surface area contributed by atoms with Crippen molar-refractivity contribution < 1.29 is 13.9 Å². The molecule has 0 saturated heterocycles. The van der Waals surface area contributed by atoms with Crippen LogP contribution in [0.3, 0.4) is 0 Å². The number of carbonyl (C=O) groups excluding carboxylic acids is 1. The lowest BCUT2D eigenvalue weighted by molar-refractivity contribution is -0.118. The van der Waals surface area contributed by atoms with Crippen molar-refractivity contribution in [3.63, 3.8) is 0 Å². The van der Waals surface area contributed by atoms with Crippen LogP contribution in [-0.4, -0.2) is 12.5 Å². The first-order chi connectivity index (χ1) is 12.7. The number of anilines is 1. The van der Waals surface area contributed by atoms with Gasteiger partial charge in [0, 0.05) is 17.1 Å². The van der Waals surface area contributed by atoms with Crippen LogP contribution >= 0.6 is 0 Å². The van der Waals surface area contributed by atoms with Crippen molar-refractivity contribution in [1.29, 1.82) is 0 Å². The molecule has 1 amide bonds. The van der Waals surface area contributed by atoms with E-state index in [4.69, 9.17) is 9.15 Å². The molecule has 0 aliphatic heterocycles. The second kappa shape index (κ2) is 6.72. The van der Waals surface area contributed by atoms with E-state index < -0.39 is 5.63 Å². The molecule has 0 aliphatic rings. The standard InChI is InChI=1S/C21H15NO4/c23-20(22-17-7-5-14-3-1-2-4-15(14)11-17)13-25-18-8-9-19-16(12-18)6-10-21(24)26-19/h1-12H,13H2,(H,22,23). The highest BCUT2D eigenvalue weighted by atomic mass is 16.5.